The summed E-state index contributed by atoms with van der Waals surface area (Å²) in [5.74, 6) is -1.10. The van der Waals surface area contributed by atoms with Crippen LogP contribution in [0.5, 0.6) is 0 Å². The van der Waals surface area contributed by atoms with Crippen LogP contribution in [0.1, 0.15) is 33.1 Å². The summed E-state index contributed by atoms with van der Waals surface area (Å²) in [6, 6.07) is 0. The molecule has 3 N–H and O–H groups in total. The third-order valence-corrected chi connectivity index (χ3v) is 1.79. The Morgan fingerprint density at radius 2 is 2.08 bits per heavy atom. The molecule has 0 rings (SSSR count). The van der Waals surface area contributed by atoms with Crippen molar-refractivity contribution in [1.29, 1.82) is 0 Å². The molecule has 2 atom stereocenters. The van der Waals surface area contributed by atoms with Gasteiger partial charge in [0.25, 0.3) is 0 Å². The van der Waals surface area contributed by atoms with Crippen LogP contribution in [-0.4, -0.2) is 33.0 Å². The number of carbonyl (C=O) groups is 1. The van der Waals surface area contributed by atoms with E-state index in [0.717, 1.165) is 6.42 Å². The van der Waals surface area contributed by atoms with E-state index in [1.165, 1.54) is 6.92 Å². The molecule has 0 aromatic carbocycles. The monoisotopic (exact) mass is 176 g/mol. The van der Waals surface area contributed by atoms with Crippen molar-refractivity contribution in [3.8, 4) is 0 Å². The van der Waals surface area contributed by atoms with Gasteiger partial charge in [0.2, 0.25) is 0 Å². The summed E-state index contributed by atoms with van der Waals surface area (Å²) in [5.41, 5.74) is -1.51. The minimum absolute atomic E-state index is 0.417. The van der Waals surface area contributed by atoms with Crippen molar-refractivity contribution in [1.82, 2.24) is 0 Å². The van der Waals surface area contributed by atoms with Crippen LogP contribution in [-0.2, 0) is 4.79 Å². The fraction of sp³-hybridized carbons (Fsp3) is 0.875. The molecule has 72 valence electrons. The van der Waals surface area contributed by atoms with E-state index in [-0.39, 0.29) is 0 Å². The van der Waals surface area contributed by atoms with Gasteiger partial charge in [-0.15, -0.1) is 0 Å². The van der Waals surface area contributed by atoms with Crippen molar-refractivity contribution in [2.45, 2.75) is 44.8 Å². The lowest BCUT2D eigenvalue weighted by Gasteiger charge is -2.26. The quantitative estimate of drug-likeness (QED) is 0.565. The third-order valence-electron chi connectivity index (χ3n) is 1.79. The van der Waals surface area contributed by atoms with Gasteiger partial charge < -0.3 is 15.3 Å². The highest BCUT2D eigenvalue weighted by Crippen LogP contribution is 2.18. The van der Waals surface area contributed by atoms with Crippen LogP contribution in [0, 0.1) is 0 Å². The van der Waals surface area contributed by atoms with E-state index in [0.29, 0.717) is 6.42 Å². The molecule has 0 radical (unpaired) electrons. The Bertz CT molecular complexity index is 153. The molecule has 0 aliphatic carbocycles. The van der Waals surface area contributed by atoms with Crippen LogP contribution in [0.25, 0.3) is 0 Å². The van der Waals surface area contributed by atoms with Gasteiger partial charge in [0, 0.05) is 0 Å². The zero-order valence-corrected chi connectivity index (χ0v) is 7.45. The second-order valence-corrected chi connectivity index (χ2v) is 3.23. The summed E-state index contributed by atoms with van der Waals surface area (Å²) < 4.78 is 0. The molecule has 0 aromatic rings. The SMILES string of the molecule is CCCC(O)[C@](C)(O)CC(=O)O. The van der Waals surface area contributed by atoms with Crippen molar-refractivity contribution < 1.29 is 20.1 Å². The van der Waals surface area contributed by atoms with Gasteiger partial charge in [-0.05, 0) is 13.3 Å². The van der Waals surface area contributed by atoms with Gasteiger partial charge in [0.05, 0.1) is 18.1 Å². The number of carboxylic acid groups (broad SMARTS) is 1. The first-order valence-corrected chi connectivity index (χ1v) is 4.02. The first-order chi connectivity index (χ1) is 5.40. The molecule has 0 aromatic heterocycles. The zero-order chi connectivity index (χ0) is 9.78. The maximum Gasteiger partial charge on any atom is 0.306 e. The standard InChI is InChI=1S/C8H16O4/c1-3-4-6(9)8(2,12)5-7(10)11/h6,9,12H,3-5H2,1-2H3,(H,10,11)/t6?,8-/m1/s1. The van der Waals surface area contributed by atoms with E-state index in [1.54, 1.807) is 0 Å². The second kappa shape index (κ2) is 4.42. The lowest BCUT2D eigenvalue weighted by atomic mass is 9.92. The van der Waals surface area contributed by atoms with E-state index < -0.39 is 24.1 Å². The maximum atomic E-state index is 10.3. The number of aliphatic hydroxyl groups excluding tert-OH is 1. The number of rotatable bonds is 5. The van der Waals surface area contributed by atoms with E-state index in [9.17, 15) is 15.0 Å². The average molecular weight is 176 g/mol. The molecule has 4 nitrogen and oxygen atoms in total. The normalized spacial score (nSPS) is 18.3. The number of hydrogen-bond donors (Lipinski definition) is 3. The summed E-state index contributed by atoms with van der Waals surface area (Å²) in [4.78, 5) is 10.3. The number of carboxylic acids is 1. The molecule has 0 heterocycles. The largest absolute Gasteiger partial charge is 0.481 e. The van der Waals surface area contributed by atoms with E-state index in [1.807, 2.05) is 6.92 Å². The lowest BCUT2D eigenvalue weighted by Crippen LogP contribution is -2.41. The van der Waals surface area contributed by atoms with Gasteiger partial charge in [-0.25, -0.2) is 0 Å². The fourth-order valence-electron chi connectivity index (χ4n) is 1.01. The highest BCUT2D eigenvalue weighted by atomic mass is 16.4. The predicted molar refractivity (Wildman–Crippen MR) is 43.8 cm³/mol. The highest BCUT2D eigenvalue weighted by molar-refractivity contribution is 5.68. The summed E-state index contributed by atoms with van der Waals surface area (Å²) in [6.45, 7) is 3.20. The summed E-state index contributed by atoms with van der Waals surface area (Å²) in [7, 11) is 0. The molecular weight excluding hydrogens is 160 g/mol. The molecule has 0 saturated carbocycles. The van der Waals surface area contributed by atoms with E-state index in [2.05, 4.69) is 0 Å². The van der Waals surface area contributed by atoms with Gasteiger partial charge >= 0.3 is 5.97 Å². The third kappa shape index (κ3) is 3.69. The van der Waals surface area contributed by atoms with Crippen molar-refractivity contribution >= 4 is 5.97 Å². The topological polar surface area (TPSA) is 77.8 Å². The smallest absolute Gasteiger partial charge is 0.306 e. The Balaban J connectivity index is 4.07. The Labute approximate surface area is 71.8 Å². The van der Waals surface area contributed by atoms with Crippen LogP contribution >= 0.6 is 0 Å². The Morgan fingerprint density at radius 1 is 1.58 bits per heavy atom. The molecule has 12 heavy (non-hydrogen) atoms. The molecule has 0 spiro atoms. The Kier molecular flexibility index (Phi) is 4.20. The summed E-state index contributed by atoms with van der Waals surface area (Å²) >= 11 is 0. The van der Waals surface area contributed by atoms with Crippen LogP contribution in [0.15, 0.2) is 0 Å². The lowest BCUT2D eigenvalue weighted by molar-refractivity contribution is -0.147. The highest BCUT2D eigenvalue weighted by Gasteiger charge is 2.31. The zero-order valence-electron chi connectivity index (χ0n) is 7.45. The van der Waals surface area contributed by atoms with Gasteiger partial charge in [-0.3, -0.25) is 4.79 Å². The molecule has 0 aliphatic heterocycles. The molecule has 0 bridgehead atoms. The molecule has 0 amide bonds. The van der Waals surface area contributed by atoms with E-state index in [4.69, 9.17) is 5.11 Å². The van der Waals surface area contributed by atoms with Gasteiger partial charge in [0.15, 0.2) is 0 Å². The van der Waals surface area contributed by atoms with Gasteiger partial charge in [-0.2, -0.15) is 0 Å². The van der Waals surface area contributed by atoms with Gasteiger partial charge in [0.1, 0.15) is 0 Å². The number of hydrogen-bond acceptors (Lipinski definition) is 3. The maximum absolute atomic E-state index is 10.3. The Hall–Kier alpha value is -0.610. The second-order valence-electron chi connectivity index (χ2n) is 3.23. The molecule has 0 aliphatic rings. The molecular formula is C8H16O4. The van der Waals surface area contributed by atoms with Crippen molar-refractivity contribution in [2.24, 2.45) is 0 Å². The van der Waals surface area contributed by atoms with Crippen molar-refractivity contribution in [3.05, 3.63) is 0 Å². The van der Waals surface area contributed by atoms with Crippen molar-refractivity contribution in [3.63, 3.8) is 0 Å². The summed E-state index contributed by atoms with van der Waals surface area (Å²) in [5, 5.41) is 27.2. The predicted octanol–water partition coefficient (Wildman–Crippen LogP) is 0.373. The molecule has 4 heteroatoms. The molecule has 1 unspecified atom stereocenters. The first-order valence-electron chi connectivity index (χ1n) is 4.02. The first kappa shape index (κ1) is 11.4. The van der Waals surface area contributed by atoms with Crippen LogP contribution in [0.4, 0.5) is 0 Å². The van der Waals surface area contributed by atoms with Crippen LogP contribution in [0.3, 0.4) is 0 Å². The number of aliphatic hydroxyl groups is 2. The van der Waals surface area contributed by atoms with Crippen LogP contribution in [0.2, 0.25) is 0 Å². The summed E-state index contributed by atoms with van der Waals surface area (Å²) in [6.07, 6.45) is -0.246. The van der Waals surface area contributed by atoms with E-state index >= 15 is 0 Å². The fourth-order valence-corrected chi connectivity index (χ4v) is 1.01. The van der Waals surface area contributed by atoms with Crippen LogP contribution < -0.4 is 0 Å². The van der Waals surface area contributed by atoms with Crippen molar-refractivity contribution in [2.75, 3.05) is 0 Å². The minimum Gasteiger partial charge on any atom is -0.481 e. The van der Waals surface area contributed by atoms with Gasteiger partial charge in [-0.1, -0.05) is 13.3 Å². The average Bonchev–Trinajstić information content (AvgIpc) is 1.85. The molecule has 0 saturated heterocycles. The Morgan fingerprint density at radius 3 is 2.42 bits per heavy atom. The number of aliphatic carboxylic acids is 1. The molecule has 0 fully saturated rings. The minimum atomic E-state index is -1.51.